The Balaban J connectivity index is 1.91. The van der Waals surface area contributed by atoms with E-state index in [-0.39, 0.29) is 11.6 Å². The second-order valence-corrected chi connectivity index (χ2v) is 9.85. The Morgan fingerprint density at radius 3 is 2.21 bits per heavy atom. The van der Waals surface area contributed by atoms with Crippen LogP contribution in [0.5, 0.6) is 0 Å². The van der Waals surface area contributed by atoms with Gasteiger partial charge in [-0.25, -0.2) is 9.78 Å². The molecule has 2 heterocycles. The lowest BCUT2D eigenvalue weighted by Gasteiger charge is -2.29. The summed E-state index contributed by atoms with van der Waals surface area (Å²) < 4.78 is 11.1. The Hall–Kier alpha value is -3.45. The van der Waals surface area contributed by atoms with Gasteiger partial charge in [-0.15, -0.1) is 0 Å². The largest absolute Gasteiger partial charge is 0.479 e. The van der Waals surface area contributed by atoms with Gasteiger partial charge in [0.1, 0.15) is 6.26 Å². The average Bonchev–Trinajstić information content (AvgIpc) is 3.45. The third-order valence-electron chi connectivity index (χ3n) is 6.25. The van der Waals surface area contributed by atoms with Gasteiger partial charge in [0.05, 0.1) is 5.60 Å². The van der Waals surface area contributed by atoms with E-state index in [1.807, 2.05) is 65.8 Å². The number of carbonyl (C=O) groups excluding carboxylic acids is 1. The van der Waals surface area contributed by atoms with Crippen LogP contribution in [-0.4, -0.2) is 32.5 Å². The molecule has 1 unspecified atom stereocenters. The molecule has 178 valence electrons. The van der Waals surface area contributed by atoms with Gasteiger partial charge in [0.15, 0.2) is 18.2 Å². The molecular weight excluding hydrogens is 432 g/mol. The molecule has 3 aromatic rings. The van der Waals surface area contributed by atoms with E-state index in [1.165, 1.54) is 12.7 Å². The summed E-state index contributed by atoms with van der Waals surface area (Å²) in [7, 11) is 0. The van der Waals surface area contributed by atoms with Gasteiger partial charge in [-0.3, -0.25) is 4.79 Å². The summed E-state index contributed by atoms with van der Waals surface area (Å²) in [6, 6.07) is 8.05. The van der Waals surface area contributed by atoms with Crippen molar-refractivity contribution in [3.8, 4) is 11.1 Å². The molecule has 1 aromatic heterocycles. The number of hydrogen-bond donors (Lipinski definition) is 1. The highest BCUT2D eigenvalue weighted by Crippen LogP contribution is 2.43. The maximum Gasteiger partial charge on any atom is 0.337 e. The lowest BCUT2D eigenvalue weighted by atomic mass is 9.83. The zero-order valence-corrected chi connectivity index (χ0v) is 20.4. The van der Waals surface area contributed by atoms with E-state index in [1.54, 1.807) is 4.90 Å². The number of hydrogen-bond acceptors (Lipinski definition) is 5. The number of carboxylic acids is 1. The first-order valence-electron chi connectivity index (χ1n) is 11.3. The lowest BCUT2D eigenvalue weighted by Crippen LogP contribution is -2.28. The maximum atomic E-state index is 13.0. The van der Waals surface area contributed by atoms with Crippen molar-refractivity contribution in [2.45, 2.75) is 66.3 Å². The third kappa shape index (κ3) is 4.35. The fraction of sp³-hybridized carbons (Fsp3) is 0.370. The van der Waals surface area contributed by atoms with Crippen molar-refractivity contribution in [3.05, 3.63) is 76.0 Å². The van der Waals surface area contributed by atoms with Crippen molar-refractivity contribution < 1.29 is 23.8 Å². The smallest absolute Gasteiger partial charge is 0.337 e. The minimum atomic E-state index is -1.15. The Morgan fingerprint density at radius 1 is 1.06 bits per heavy atom. The summed E-state index contributed by atoms with van der Waals surface area (Å²) >= 11 is 0. The number of aryl methyl sites for hydroxylation is 1. The molecule has 0 spiro atoms. The van der Waals surface area contributed by atoms with Crippen LogP contribution in [0.3, 0.4) is 0 Å². The van der Waals surface area contributed by atoms with Crippen molar-refractivity contribution in [2.75, 3.05) is 0 Å². The number of benzene rings is 2. The molecule has 7 heteroatoms. The molecule has 1 aliphatic rings. The van der Waals surface area contributed by atoms with Crippen molar-refractivity contribution in [1.29, 1.82) is 0 Å². The molecule has 1 N–H and O–H groups in total. The molecule has 0 radical (unpaired) electrons. The number of ether oxygens (including phenoxy) is 1. The minimum absolute atomic E-state index is 0.220. The van der Waals surface area contributed by atoms with Crippen LogP contribution in [0.2, 0.25) is 0 Å². The molecule has 0 saturated heterocycles. The quantitative estimate of drug-likeness (QED) is 0.548. The number of rotatable bonds is 5. The van der Waals surface area contributed by atoms with Crippen LogP contribution in [0.1, 0.15) is 70.7 Å². The first kappa shape index (κ1) is 23.7. The highest BCUT2D eigenvalue weighted by molar-refractivity contribution is 5.93. The van der Waals surface area contributed by atoms with Gasteiger partial charge in [-0.05, 0) is 74.9 Å². The molecule has 2 aromatic carbocycles. The lowest BCUT2D eigenvalue weighted by molar-refractivity contribution is -0.160. The van der Waals surface area contributed by atoms with Gasteiger partial charge in [-0.2, -0.15) is 0 Å². The molecule has 0 fully saturated rings. The number of carbonyl (C=O) groups is 2. The van der Waals surface area contributed by atoms with Gasteiger partial charge < -0.3 is 19.2 Å². The fourth-order valence-corrected chi connectivity index (χ4v) is 4.65. The molecule has 0 aliphatic carbocycles. The molecule has 1 atom stereocenters. The van der Waals surface area contributed by atoms with E-state index in [9.17, 15) is 14.7 Å². The maximum absolute atomic E-state index is 13.0. The van der Waals surface area contributed by atoms with Crippen LogP contribution in [0, 0.1) is 20.8 Å². The zero-order valence-electron chi connectivity index (χ0n) is 20.4. The fourth-order valence-electron chi connectivity index (χ4n) is 4.65. The van der Waals surface area contributed by atoms with E-state index < -0.39 is 17.7 Å². The predicted molar refractivity (Wildman–Crippen MR) is 127 cm³/mol. The van der Waals surface area contributed by atoms with Crippen molar-refractivity contribution in [3.63, 3.8) is 0 Å². The SMILES string of the molecule is Cc1ccc(-c2c(C)c3c(c(C)c2C(OC(C)(C)C)C(=O)O)CN(C(=O)c2cocn2)C3)cc1. The number of aromatic nitrogens is 1. The Kier molecular flexibility index (Phi) is 6.08. The van der Waals surface area contributed by atoms with E-state index in [4.69, 9.17) is 9.15 Å². The molecule has 7 nitrogen and oxygen atoms in total. The van der Waals surface area contributed by atoms with Crippen LogP contribution >= 0.6 is 0 Å². The van der Waals surface area contributed by atoms with Gasteiger partial charge in [0, 0.05) is 18.7 Å². The molecule has 0 saturated carbocycles. The minimum Gasteiger partial charge on any atom is -0.479 e. The third-order valence-corrected chi connectivity index (χ3v) is 6.25. The van der Waals surface area contributed by atoms with E-state index >= 15 is 0 Å². The van der Waals surface area contributed by atoms with Crippen LogP contribution in [0.4, 0.5) is 0 Å². The van der Waals surface area contributed by atoms with Crippen LogP contribution in [-0.2, 0) is 22.6 Å². The van der Waals surface area contributed by atoms with E-state index in [0.717, 1.165) is 38.9 Å². The zero-order chi connectivity index (χ0) is 24.8. The van der Waals surface area contributed by atoms with E-state index in [0.29, 0.717) is 18.7 Å². The highest BCUT2D eigenvalue weighted by Gasteiger charge is 2.36. The van der Waals surface area contributed by atoms with Gasteiger partial charge in [0.25, 0.3) is 5.91 Å². The normalized spacial score (nSPS) is 14.2. The highest BCUT2D eigenvalue weighted by atomic mass is 16.5. The second-order valence-electron chi connectivity index (χ2n) is 9.85. The molecule has 4 rings (SSSR count). The van der Waals surface area contributed by atoms with Crippen LogP contribution in [0.15, 0.2) is 41.3 Å². The number of fused-ring (bicyclic) bond motifs is 1. The molecular formula is C27H30N2O5. The second kappa shape index (κ2) is 8.72. The summed E-state index contributed by atoms with van der Waals surface area (Å²) in [6.07, 6.45) is 1.42. The average molecular weight is 463 g/mol. The topological polar surface area (TPSA) is 92.9 Å². The van der Waals surface area contributed by atoms with Gasteiger partial charge >= 0.3 is 5.97 Å². The predicted octanol–water partition coefficient (Wildman–Crippen LogP) is 5.36. The monoisotopic (exact) mass is 462 g/mol. The number of carboxylic acid groups (broad SMARTS) is 1. The van der Waals surface area contributed by atoms with Crippen molar-refractivity contribution in [2.24, 2.45) is 0 Å². The standard InChI is InChI=1S/C27H30N2O5/c1-15-7-9-18(10-8-15)22-16(2)19-11-29(25(30)21-13-33-14-28-21)12-20(19)17(3)23(22)24(26(31)32)34-27(4,5)6/h7-10,13-14,24H,11-12H2,1-6H3,(H,31,32). The first-order chi connectivity index (χ1) is 16.0. The number of oxazole rings is 1. The molecule has 34 heavy (non-hydrogen) atoms. The Morgan fingerprint density at radius 2 is 1.68 bits per heavy atom. The summed E-state index contributed by atoms with van der Waals surface area (Å²) in [5.41, 5.74) is 6.91. The summed E-state index contributed by atoms with van der Waals surface area (Å²) in [4.78, 5) is 31.2. The van der Waals surface area contributed by atoms with E-state index in [2.05, 4.69) is 4.98 Å². The Labute approximate surface area is 199 Å². The first-order valence-corrected chi connectivity index (χ1v) is 11.3. The van der Waals surface area contributed by atoms with Gasteiger partial charge in [-0.1, -0.05) is 29.8 Å². The molecule has 1 aliphatic heterocycles. The van der Waals surface area contributed by atoms with Crippen molar-refractivity contribution in [1.82, 2.24) is 9.88 Å². The number of nitrogens with zero attached hydrogens (tertiary/aromatic N) is 2. The Bertz CT molecular complexity index is 1240. The summed E-state index contributed by atoms with van der Waals surface area (Å²) in [6.45, 7) is 12.3. The number of amides is 1. The summed E-state index contributed by atoms with van der Waals surface area (Å²) in [5, 5.41) is 10.2. The van der Waals surface area contributed by atoms with Gasteiger partial charge in [0.2, 0.25) is 0 Å². The van der Waals surface area contributed by atoms with Crippen LogP contribution in [0.25, 0.3) is 11.1 Å². The molecule has 1 amide bonds. The summed E-state index contributed by atoms with van der Waals surface area (Å²) in [5.74, 6) is -1.26. The molecule has 0 bridgehead atoms. The number of aliphatic carboxylic acids is 1. The van der Waals surface area contributed by atoms with Crippen molar-refractivity contribution >= 4 is 11.9 Å². The van der Waals surface area contributed by atoms with Crippen LogP contribution < -0.4 is 0 Å².